The van der Waals surface area contributed by atoms with E-state index in [9.17, 15) is 87.8 Å². The lowest BCUT2D eigenvalue weighted by Crippen LogP contribution is -2.77. The lowest BCUT2D eigenvalue weighted by atomic mass is 9.84. The molecule has 0 saturated heterocycles. The van der Waals surface area contributed by atoms with Crippen LogP contribution in [0.1, 0.15) is 20.8 Å². The molecule has 0 aliphatic heterocycles. The molecule has 206 valence electrons. The Morgan fingerprint density at radius 3 is 0.676 bits per heavy atom. The van der Waals surface area contributed by atoms with Crippen molar-refractivity contribution in [1.29, 1.82) is 0 Å². The predicted octanol–water partition coefficient (Wildman–Crippen LogP) is 8.02. The van der Waals surface area contributed by atoms with Crippen LogP contribution in [-0.2, 0) is 0 Å². The van der Waals surface area contributed by atoms with Gasteiger partial charge in [-0.05, 0) is 0 Å². The summed E-state index contributed by atoms with van der Waals surface area (Å²) in [5.74, 6) is -84.1. The van der Waals surface area contributed by atoms with Crippen LogP contribution < -0.4 is 0 Å². The van der Waals surface area contributed by atoms with E-state index in [2.05, 4.69) is 0 Å². The second kappa shape index (κ2) is 7.80. The van der Waals surface area contributed by atoms with Gasteiger partial charge in [-0.15, -0.1) is 0 Å². The molecule has 0 atom stereocenters. The highest BCUT2D eigenvalue weighted by Crippen LogP contribution is 2.66. The smallest absolute Gasteiger partial charge is 0.200 e. The van der Waals surface area contributed by atoms with Crippen molar-refractivity contribution < 1.29 is 87.8 Å². The van der Waals surface area contributed by atoms with Crippen LogP contribution in [-0.4, -0.2) is 59.2 Å². The molecule has 0 fully saturated rings. The van der Waals surface area contributed by atoms with Gasteiger partial charge in [0, 0.05) is 12.8 Å². The van der Waals surface area contributed by atoms with Gasteiger partial charge in [-0.1, -0.05) is 13.8 Å². The zero-order chi connectivity index (χ0) is 28.6. The van der Waals surface area contributed by atoms with Gasteiger partial charge < -0.3 is 0 Å². The first-order valence-electron chi connectivity index (χ1n) is 7.97. The highest BCUT2D eigenvalue weighted by atomic mass is 19.4. The molecule has 0 bridgehead atoms. The first-order chi connectivity index (χ1) is 14.2. The number of halogens is 20. The Kier molecular flexibility index (Phi) is 7.48. The van der Waals surface area contributed by atoms with E-state index in [0.29, 0.717) is 0 Å². The molecular weight excluding hydrogens is 548 g/mol. The number of hydrogen-bond donors (Lipinski definition) is 0. The molecule has 0 rings (SSSR count). The SMILES string of the molecule is CC(C)C(F)(F)C(F)(F)C(F)(F)C(F)(F)C(F)(F)C(F)(F)C(F)(F)C(F)(F)C(F)(F)C(C)(F)F. The largest absolute Gasteiger partial charge is 0.385 e. The Hall–Kier alpha value is -1.40. The fraction of sp³-hybridized carbons (Fsp3) is 1.00. The van der Waals surface area contributed by atoms with Crippen molar-refractivity contribution >= 4 is 0 Å². The van der Waals surface area contributed by atoms with Crippen LogP contribution in [0.15, 0.2) is 0 Å². The standard InChI is InChI=1S/C14H10F20/c1-4(2)6(17,18)8(21,22)10(25,26)12(29,30)14(33,34)13(31,32)11(27,28)9(23,24)7(19,20)5(3,15)16/h4H,1-3H3. The fourth-order valence-electron chi connectivity index (χ4n) is 2.03. The van der Waals surface area contributed by atoms with E-state index in [1.807, 2.05) is 0 Å². The molecule has 0 N–H and O–H groups in total. The van der Waals surface area contributed by atoms with Crippen LogP contribution in [0.25, 0.3) is 0 Å². The minimum atomic E-state index is -8.97. The van der Waals surface area contributed by atoms with Gasteiger partial charge in [0.1, 0.15) is 0 Å². The lowest BCUT2D eigenvalue weighted by Gasteiger charge is -2.45. The molecular formula is C14H10F20. The Bertz CT molecular complexity index is 739. The highest BCUT2D eigenvalue weighted by Gasteiger charge is 2.97. The first kappa shape index (κ1) is 32.6. The molecule has 0 unspecified atom stereocenters. The van der Waals surface area contributed by atoms with Crippen LogP contribution in [0.4, 0.5) is 87.8 Å². The van der Waals surface area contributed by atoms with E-state index in [1.165, 1.54) is 0 Å². The van der Waals surface area contributed by atoms with Crippen LogP contribution >= 0.6 is 0 Å². The molecule has 0 amide bonds. The molecule has 0 spiro atoms. The van der Waals surface area contributed by atoms with Crippen LogP contribution in [0, 0.1) is 5.92 Å². The monoisotopic (exact) mass is 558 g/mol. The Morgan fingerprint density at radius 2 is 0.500 bits per heavy atom. The second-order valence-corrected chi connectivity index (χ2v) is 7.26. The summed E-state index contributed by atoms with van der Waals surface area (Å²) < 4.78 is 266. The second-order valence-electron chi connectivity index (χ2n) is 7.26. The van der Waals surface area contributed by atoms with Gasteiger partial charge in [0.2, 0.25) is 0 Å². The molecule has 0 nitrogen and oxygen atoms in total. The molecule has 34 heavy (non-hydrogen) atoms. The fourth-order valence-corrected chi connectivity index (χ4v) is 2.03. The van der Waals surface area contributed by atoms with E-state index in [0.717, 1.165) is 0 Å². The zero-order valence-electron chi connectivity index (χ0n) is 16.1. The molecule has 0 aromatic carbocycles. The van der Waals surface area contributed by atoms with Crippen molar-refractivity contribution in [2.75, 3.05) is 0 Å². The number of rotatable bonds is 10. The zero-order valence-corrected chi connectivity index (χ0v) is 16.1. The Morgan fingerprint density at radius 1 is 0.324 bits per heavy atom. The van der Waals surface area contributed by atoms with Gasteiger partial charge in [0.25, 0.3) is 0 Å². The minimum Gasteiger partial charge on any atom is -0.200 e. The van der Waals surface area contributed by atoms with Crippen LogP contribution in [0.3, 0.4) is 0 Å². The predicted molar refractivity (Wildman–Crippen MR) is 70.0 cm³/mol. The van der Waals surface area contributed by atoms with Gasteiger partial charge in [-0.25, -0.2) is 0 Å². The molecule has 20 heteroatoms. The molecule has 0 aromatic heterocycles. The van der Waals surface area contributed by atoms with Gasteiger partial charge in [0.15, 0.2) is 0 Å². The van der Waals surface area contributed by atoms with Crippen LogP contribution in [0.5, 0.6) is 0 Å². The van der Waals surface area contributed by atoms with Gasteiger partial charge in [0.05, 0.1) is 0 Å². The average molecular weight is 558 g/mol. The van der Waals surface area contributed by atoms with Crippen molar-refractivity contribution in [1.82, 2.24) is 0 Å². The van der Waals surface area contributed by atoms with Crippen molar-refractivity contribution in [3.63, 3.8) is 0 Å². The van der Waals surface area contributed by atoms with Gasteiger partial charge in [-0.2, -0.15) is 87.8 Å². The Labute approximate surface area is 175 Å². The summed E-state index contributed by atoms with van der Waals surface area (Å²) in [5, 5.41) is 0. The summed E-state index contributed by atoms with van der Waals surface area (Å²) in [6.45, 7) is -1.59. The molecule has 0 radical (unpaired) electrons. The number of hydrogen-bond acceptors (Lipinski definition) is 0. The van der Waals surface area contributed by atoms with E-state index < -0.39 is 72.1 Å². The van der Waals surface area contributed by atoms with E-state index >= 15 is 0 Å². The molecule has 0 aromatic rings. The molecule has 0 aliphatic carbocycles. The first-order valence-corrected chi connectivity index (χ1v) is 7.97. The highest BCUT2D eigenvalue weighted by molar-refractivity contribution is 5.18. The summed E-state index contributed by atoms with van der Waals surface area (Å²) in [4.78, 5) is 0. The summed E-state index contributed by atoms with van der Waals surface area (Å²) in [5.41, 5.74) is 0. The average Bonchev–Trinajstić information content (AvgIpc) is 2.58. The van der Waals surface area contributed by atoms with Crippen molar-refractivity contribution in [3.05, 3.63) is 0 Å². The quantitative estimate of drug-likeness (QED) is 0.239. The maximum absolute atomic E-state index is 13.5. The summed E-state index contributed by atoms with van der Waals surface area (Å²) >= 11 is 0. The summed E-state index contributed by atoms with van der Waals surface area (Å²) in [7, 11) is 0. The van der Waals surface area contributed by atoms with Crippen molar-refractivity contribution in [2.24, 2.45) is 5.92 Å². The maximum atomic E-state index is 13.5. The molecule has 0 saturated carbocycles. The minimum absolute atomic E-state index is 0.114. The normalized spacial score (nSPS) is 16.9. The Balaban J connectivity index is 7.08. The maximum Gasteiger partial charge on any atom is 0.385 e. The van der Waals surface area contributed by atoms with Crippen molar-refractivity contribution in [3.8, 4) is 0 Å². The third-order valence-electron chi connectivity index (χ3n) is 4.46. The topological polar surface area (TPSA) is 0 Å². The molecule has 0 heterocycles. The summed E-state index contributed by atoms with van der Waals surface area (Å²) in [6.07, 6.45) is 0. The summed E-state index contributed by atoms with van der Waals surface area (Å²) in [6, 6.07) is 0. The van der Waals surface area contributed by atoms with Crippen LogP contribution in [0.2, 0.25) is 0 Å². The third kappa shape index (κ3) is 3.66. The van der Waals surface area contributed by atoms with E-state index in [4.69, 9.17) is 0 Å². The lowest BCUT2D eigenvalue weighted by molar-refractivity contribution is -0.469. The number of alkyl halides is 20. The van der Waals surface area contributed by atoms with E-state index in [-0.39, 0.29) is 13.8 Å². The van der Waals surface area contributed by atoms with Gasteiger partial charge in [-0.3, -0.25) is 0 Å². The van der Waals surface area contributed by atoms with Crippen molar-refractivity contribution in [2.45, 2.75) is 80.0 Å². The third-order valence-corrected chi connectivity index (χ3v) is 4.46. The molecule has 0 aliphatic rings. The van der Waals surface area contributed by atoms with Gasteiger partial charge >= 0.3 is 59.2 Å². The van der Waals surface area contributed by atoms with E-state index in [1.54, 1.807) is 0 Å².